The van der Waals surface area contributed by atoms with Crippen LogP contribution in [-0.4, -0.2) is 45.5 Å². The van der Waals surface area contributed by atoms with Crippen molar-refractivity contribution >= 4 is 5.69 Å². The number of nitrogen functional groups attached to an aromatic ring is 1. The zero-order chi connectivity index (χ0) is 13.7. The summed E-state index contributed by atoms with van der Waals surface area (Å²) >= 11 is 0. The van der Waals surface area contributed by atoms with E-state index < -0.39 is 6.10 Å². The number of nitrogens with zero attached hydrogens (tertiary/aromatic N) is 3. The van der Waals surface area contributed by atoms with E-state index in [0.29, 0.717) is 30.7 Å². The van der Waals surface area contributed by atoms with Crippen molar-refractivity contribution in [2.75, 3.05) is 19.3 Å². The average molecular weight is 254 g/mol. The van der Waals surface area contributed by atoms with Gasteiger partial charge in [-0.1, -0.05) is 13.8 Å². The zero-order valence-electron chi connectivity index (χ0n) is 11.9. The van der Waals surface area contributed by atoms with Gasteiger partial charge >= 0.3 is 0 Å². The highest BCUT2D eigenvalue weighted by Crippen LogP contribution is 2.10. The normalized spacial score (nSPS) is 15.3. The summed E-state index contributed by atoms with van der Waals surface area (Å²) in [5.41, 5.74) is 6.21. The van der Waals surface area contributed by atoms with Gasteiger partial charge in [0.25, 0.3) is 0 Å². The van der Waals surface area contributed by atoms with Gasteiger partial charge in [-0.2, -0.15) is 5.10 Å². The Morgan fingerprint density at radius 3 is 2.61 bits per heavy atom. The Labute approximate surface area is 110 Å². The van der Waals surface area contributed by atoms with E-state index in [1.807, 2.05) is 7.05 Å². The van der Waals surface area contributed by atoms with Gasteiger partial charge in [-0.25, -0.2) is 0 Å². The van der Waals surface area contributed by atoms with Gasteiger partial charge in [0.2, 0.25) is 0 Å². The molecule has 0 spiro atoms. The second kappa shape index (κ2) is 6.75. The first-order valence-corrected chi connectivity index (χ1v) is 6.54. The molecule has 0 saturated carbocycles. The summed E-state index contributed by atoms with van der Waals surface area (Å²) < 4.78 is 1.68. The van der Waals surface area contributed by atoms with Crippen LogP contribution in [0.2, 0.25) is 0 Å². The molecule has 2 unspecified atom stereocenters. The van der Waals surface area contributed by atoms with Crippen molar-refractivity contribution in [2.45, 2.75) is 45.9 Å². The Kier molecular flexibility index (Phi) is 5.62. The lowest BCUT2D eigenvalue weighted by atomic mass is 10.0. The highest BCUT2D eigenvalue weighted by atomic mass is 16.3. The van der Waals surface area contributed by atoms with Crippen molar-refractivity contribution in [3.63, 3.8) is 0 Å². The lowest BCUT2D eigenvalue weighted by molar-refractivity contribution is 0.0864. The Morgan fingerprint density at radius 2 is 2.11 bits per heavy atom. The maximum absolute atomic E-state index is 10.0. The molecular weight excluding hydrogens is 228 g/mol. The molecule has 1 rings (SSSR count). The number of aromatic nitrogens is 2. The first-order chi connectivity index (χ1) is 8.38. The first kappa shape index (κ1) is 15.0. The molecule has 0 aliphatic rings. The van der Waals surface area contributed by atoms with Gasteiger partial charge in [0.1, 0.15) is 0 Å². The molecule has 0 aliphatic carbocycles. The van der Waals surface area contributed by atoms with Crippen LogP contribution in [0.1, 0.15) is 27.2 Å². The van der Waals surface area contributed by atoms with Crippen molar-refractivity contribution in [2.24, 2.45) is 5.92 Å². The van der Waals surface area contributed by atoms with Gasteiger partial charge in [0, 0.05) is 18.8 Å². The Balaban J connectivity index is 2.37. The second-order valence-corrected chi connectivity index (χ2v) is 5.57. The van der Waals surface area contributed by atoms with Crippen LogP contribution in [0.15, 0.2) is 12.4 Å². The standard InChI is InChI=1S/C13H26N4O/c1-10(2)5-11(3)16(4)8-13(18)9-17-7-12(14)6-15-17/h6-7,10-11,13,18H,5,8-9,14H2,1-4H3. The van der Waals surface area contributed by atoms with E-state index in [-0.39, 0.29) is 0 Å². The van der Waals surface area contributed by atoms with Crippen LogP contribution in [0.25, 0.3) is 0 Å². The Bertz CT molecular complexity index is 351. The van der Waals surface area contributed by atoms with Crippen LogP contribution >= 0.6 is 0 Å². The summed E-state index contributed by atoms with van der Waals surface area (Å²) in [6, 6.07) is 0.474. The molecule has 0 radical (unpaired) electrons. The van der Waals surface area contributed by atoms with Gasteiger partial charge in [0.15, 0.2) is 0 Å². The number of hydrogen-bond acceptors (Lipinski definition) is 4. The third-order valence-corrected chi connectivity index (χ3v) is 3.11. The van der Waals surface area contributed by atoms with Gasteiger partial charge in [0.05, 0.1) is 24.5 Å². The lowest BCUT2D eigenvalue weighted by Crippen LogP contribution is -2.38. The number of rotatable bonds is 7. The fourth-order valence-corrected chi connectivity index (χ4v) is 2.13. The smallest absolute Gasteiger partial charge is 0.0862 e. The molecule has 5 heteroatoms. The van der Waals surface area contributed by atoms with Gasteiger partial charge < -0.3 is 15.7 Å². The molecule has 0 aliphatic heterocycles. The molecule has 1 heterocycles. The Morgan fingerprint density at radius 1 is 1.44 bits per heavy atom. The molecule has 0 aromatic carbocycles. The largest absolute Gasteiger partial charge is 0.396 e. The van der Waals surface area contributed by atoms with Gasteiger partial charge in [-0.3, -0.25) is 4.68 Å². The molecule has 104 valence electrons. The molecule has 0 saturated heterocycles. The fourth-order valence-electron chi connectivity index (χ4n) is 2.13. The van der Waals surface area contributed by atoms with Crippen molar-refractivity contribution in [1.82, 2.24) is 14.7 Å². The molecule has 3 N–H and O–H groups in total. The van der Waals surface area contributed by atoms with Crippen molar-refractivity contribution < 1.29 is 5.11 Å². The van der Waals surface area contributed by atoms with Crippen LogP contribution in [-0.2, 0) is 6.54 Å². The monoisotopic (exact) mass is 254 g/mol. The number of nitrogens with two attached hydrogens (primary N) is 1. The molecule has 1 aromatic heterocycles. The summed E-state index contributed by atoms with van der Waals surface area (Å²) in [6.07, 6.45) is 4.04. The summed E-state index contributed by atoms with van der Waals surface area (Å²) in [4.78, 5) is 2.19. The SMILES string of the molecule is CC(C)CC(C)N(C)CC(O)Cn1cc(N)cn1. The topological polar surface area (TPSA) is 67.3 Å². The summed E-state index contributed by atoms with van der Waals surface area (Å²) in [5, 5.41) is 14.1. The lowest BCUT2D eigenvalue weighted by Gasteiger charge is -2.28. The summed E-state index contributed by atoms with van der Waals surface area (Å²) in [7, 11) is 2.05. The van der Waals surface area contributed by atoms with Crippen molar-refractivity contribution in [1.29, 1.82) is 0 Å². The average Bonchev–Trinajstić information content (AvgIpc) is 2.62. The van der Waals surface area contributed by atoms with Crippen LogP contribution in [0.5, 0.6) is 0 Å². The number of aliphatic hydroxyl groups is 1. The molecule has 2 atom stereocenters. The summed E-state index contributed by atoms with van der Waals surface area (Å²) in [6.45, 7) is 7.75. The molecular formula is C13H26N4O. The number of anilines is 1. The minimum Gasteiger partial charge on any atom is -0.396 e. The molecule has 18 heavy (non-hydrogen) atoms. The van der Waals surface area contributed by atoms with Crippen LogP contribution in [0.4, 0.5) is 5.69 Å². The minimum atomic E-state index is -0.427. The highest BCUT2D eigenvalue weighted by molar-refractivity contribution is 5.30. The predicted molar refractivity (Wildman–Crippen MR) is 74.2 cm³/mol. The van der Waals surface area contributed by atoms with E-state index in [1.54, 1.807) is 17.1 Å². The number of hydrogen-bond donors (Lipinski definition) is 2. The van der Waals surface area contributed by atoms with E-state index in [1.165, 1.54) is 0 Å². The quantitative estimate of drug-likeness (QED) is 0.767. The molecule has 0 bridgehead atoms. The molecule has 5 nitrogen and oxygen atoms in total. The second-order valence-electron chi connectivity index (χ2n) is 5.57. The zero-order valence-corrected chi connectivity index (χ0v) is 11.9. The number of aliphatic hydroxyl groups excluding tert-OH is 1. The van der Waals surface area contributed by atoms with Gasteiger partial charge in [-0.15, -0.1) is 0 Å². The number of likely N-dealkylation sites (N-methyl/N-ethyl adjacent to an activating group) is 1. The predicted octanol–water partition coefficient (Wildman–Crippen LogP) is 1.19. The molecule has 0 amide bonds. The van der Waals surface area contributed by atoms with Crippen LogP contribution < -0.4 is 5.73 Å². The van der Waals surface area contributed by atoms with Crippen LogP contribution in [0, 0.1) is 5.92 Å². The van der Waals surface area contributed by atoms with Crippen LogP contribution in [0.3, 0.4) is 0 Å². The minimum absolute atomic E-state index is 0.427. The third-order valence-electron chi connectivity index (χ3n) is 3.11. The van der Waals surface area contributed by atoms with E-state index >= 15 is 0 Å². The van der Waals surface area contributed by atoms with Gasteiger partial charge in [-0.05, 0) is 26.3 Å². The maximum atomic E-state index is 10.0. The van der Waals surface area contributed by atoms with E-state index in [4.69, 9.17) is 5.73 Å². The van der Waals surface area contributed by atoms with E-state index in [2.05, 4.69) is 30.8 Å². The molecule has 1 aromatic rings. The third kappa shape index (κ3) is 5.06. The van der Waals surface area contributed by atoms with Crippen molar-refractivity contribution in [3.05, 3.63) is 12.4 Å². The van der Waals surface area contributed by atoms with E-state index in [0.717, 1.165) is 6.42 Å². The van der Waals surface area contributed by atoms with E-state index in [9.17, 15) is 5.11 Å². The Hall–Kier alpha value is -1.07. The fraction of sp³-hybridized carbons (Fsp3) is 0.769. The first-order valence-electron chi connectivity index (χ1n) is 6.54. The highest BCUT2D eigenvalue weighted by Gasteiger charge is 2.15. The maximum Gasteiger partial charge on any atom is 0.0862 e. The summed E-state index contributed by atoms with van der Waals surface area (Å²) in [5.74, 6) is 0.672. The molecule has 0 fully saturated rings. The van der Waals surface area contributed by atoms with Crippen molar-refractivity contribution in [3.8, 4) is 0 Å².